The summed E-state index contributed by atoms with van der Waals surface area (Å²) in [6.45, 7) is 2.25. The fourth-order valence-corrected chi connectivity index (χ4v) is 3.31. The molecule has 6 nitrogen and oxygen atoms in total. The Morgan fingerprint density at radius 1 is 1.09 bits per heavy atom. The lowest BCUT2D eigenvalue weighted by molar-refractivity contribution is 0.251. The Kier molecular flexibility index (Phi) is 3.50. The zero-order valence-electron chi connectivity index (χ0n) is 11.9. The first-order valence-corrected chi connectivity index (χ1v) is 8.20. The lowest BCUT2D eigenvalue weighted by atomic mass is 10.1. The molecule has 0 aliphatic carbocycles. The first kappa shape index (κ1) is 14.4. The van der Waals surface area contributed by atoms with E-state index in [1.54, 1.807) is 36.4 Å². The van der Waals surface area contributed by atoms with Crippen LogP contribution in [0, 0.1) is 6.92 Å². The fraction of sp³-hybridized carbons (Fsp3) is 0.133. The van der Waals surface area contributed by atoms with Crippen LogP contribution in [0.25, 0.3) is 0 Å². The van der Waals surface area contributed by atoms with E-state index in [4.69, 9.17) is 0 Å². The van der Waals surface area contributed by atoms with E-state index in [2.05, 4.69) is 15.4 Å². The molecule has 2 aromatic carbocycles. The standard InChI is InChI=1S/C15H15N3O3S/c1-10-5-7-12(8-6-10)22(20,21)18-13-4-2-3-11-9-16-15(19)17-14(11)13/h2-8,18H,9H2,1H3,(H2,16,17,19). The van der Waals surface area contributed by atoms with Crippen molar-refractivity contribution in [2.75, 3.05) is 10.0 Å². The van der Waals surface area contributed by atoms with Crippen LogP contribution in [0.5, 0.6) is 0 Å². The van der Waals surface area contributed by atoms with E-state index in [0.29, 0.717) is 17.9 Å². The van der Waals surface area contributed by atoms with Crippen molar-refractivity contribution < 1.29 is 13.2 Å². The second-order valence-corrected chi connectivity index (χ2v) is 6.75. The molecule has 0 bridgehead atoms. The molecule has 0 unspecified atom stereocenters. The van der Waals surface area contributed by atoms with Crippen molar-refractivity contribution in [1.82, 2.24) is 5.32 Å². The van der Waals surface area contributed by atoms with Gasteiger partial charge in [0, 0.05) is 6.54 Å². The van der Waals surface area contributed by atoms with E-state index in [-0.39, 0.29) is 10.9 Å². The van der Waals surface area contributed by atoms with Crippen molar-refractivity contribution >= 4 is 27.4 Å². The molecular weight excluding hydrogens is 302 g/mol. The SMILES string of the molecule is Cc1ccc(S(=O)(=O)Nc2cccc3c2NC(=O)NC3)cc1. The van der Waals surface area contributed by atoms with Gasteiger partial charge in [-0.3, -0.25) is 4.72 Å². The van der Waals surface area contributed by atoms with Crippen LogP contribution in [0.2, 0.25) is 0 Å². The maximum absolute atomic E-state index is 12.4. The number of nitrogens with one attached hydrogen (secondary N) is 3. The molecule has 0 spiro atoms. The van der Waals surface area contributed by atoms with Crippen molar-refractivity contribution in [3.63, 3.8) is 0 Å². The van der Waals surface area contributed by atoms with E-state index >= 15 is 0 Å². The average Bonchev–Trinajstić information content (AvgIpc) is 2.48. The van der Waals surface area contributed by atoms with Crippen LogP contribution in [0.15, 0.2) is 47.4 Å². The van der Waals surface area contributed by atoms with E-state index < -0.39 is 10.0 Å². The predicted molar refractivity (Wildman–Crippen MR) is 84.3 cm³/mol. The number of hydrogen-bond donors (Lipinski definition) is 3. The number of fused-ring (bicyclic) bond motifs is 1. The number of benzene rings is 2. The summed E-state index contributed by atoms with van der Waals surface area (Å²) >= 11 is 0. The minimum absolute atomic E-state index is 0.177. The lowest BCUT2D eigenvalue weighted by Gasteiger charge is -2.21. The maximum atomic E-state index is 12.4. The second-order valence-electron chi connectivity index (χ2n) is 5.07. The summed E-state index contributed by atoms with van der Waals surface area (Å²) in [6, 6.07) is 11.4. The molecule has 1 heterocycles. The van der Waals surface area contributed by atoms with Crippen LogP contribution in [-0.4, -0.2) is 14.4 Å². The van der Waals surface area contributed by atoms with Gasteiger partial charge in [-0.2, -0.15) is 0 Å². The molecule has 2 aromatic rings. The minimum atomic E-state index is -3.70. The van der Waals surface area contributed by atoms with Gasteiger partial charge in [-0.05, 0) is 30.7 Å². The molecule has 0 atom stereocenters. The fourth-order valence-electron chi connectivity index (χ4n) is 2.23. The number of aryl methyl sites for hydroxylation is 1. The highest BCUT2D eigenvalue weighted by Gasteiger charge is 2.21. The zero-order chi connectivity index (χ0) is 15.7. The predicted octanol–water partition coefficient (Wildman–Crippen LogP) is 2.43. The molecule has 3 rings (SSSR count). The Balaban J connectivity index is 1.96. The van der Waals surface area contributed by atoms with Crippen LogP contribution in [0.3, 0.4) is 0 Å². The largest absolute Gasteiger partial charge is 0.334 e. The highest BCUT2D eigenvalue weighted by atomic mass is 32.2. The third-order valence-corrected chi connectivity index (χ3v) is 4.79. The first-order chi connectivity index (χ1) is 10.5. The number of rotatable bonds is 3. The Morgan fingerprint density at radius 3 is 2.55 bits per heavy atom. The first-order valence-electron chi connectivity index (χ1n) is 6.72. The normalized spacial score (nSPS) is 13.8. The summed E-state index contributed by atoms with van der Waals surface area (Å²) in [5.74, 6) is 0. The molecule has 3 N–H and O–H groups in total. The van der Waals surface area contributed by atoms with Gasteiger partial charge in [0.1, 0.15) is 0 Å². The Bertz CT molecular complexity index is 830. The van der Waals surface area contributed by atoms with E-state index in [1.165, 1.54) is 0 Å². The molecule has 2 amide bonds. The van der Waals surface area contributed by atoms with Crippen molar-refractivity contribution in [3.05, 3.63) is 53.6 Å². The van der Waals surface area contributed by atoms with Crippen LogP contribution in [0.4, 0.5) is 16.2 Å². The number of anilines is 2. The third kappa shape index (κ3) is 2.75. The van der Waals surface area contributed by atoms with Gasteiger partial charge in [0.05, 0.1) is 16.3 Å². The molecule has 0 radical (unpaired) electrons. The third-order valence-electron chi connectivity index (χ3n) is 3.40. The van der Waals surface area contributed by atoms with Gasteiger partial charge < -0.3 is 10.6 Å². The van der Waals surface area contributed by atoms with Gasteiger partial charge in [0.25, 0.3) is 10.0 Å². The van der Waals surface area contributed by atoms with Crippen molar-refractivity contribution in [1.29, 1.82) is 0 Å². The lowest BCUT2D eigenvalue weighted by Crippen LogP contribution is -2.34. The molecule has 0 saturated heterocycles. The van der Waals surface area contributed by atoms with Gasteiger partial charge in [0.15, 0.2) is 0 Å². The van der Waals surface area contributed by atoms with Crippen LogP contribution in [-0.2, 0) is 16.6 Å². The molecule has 0 saturated carbocycles. The number of para-hydroxylation sites is 1. The second kappa shape index (κ2) is 5.34. The number of amides is 2. The van der Waals surface area contributed by atoms with Gasteiger partial charge in [-0.25, -0.2) is 13.2 Å². The van der Waals surface area contributed by atoms with Crippen LogP contribution >= 0.6 is 0 Å². The molecule has 114 valence electrons. The van der Waals surface area contributed by atoms with Gasteiger partial charge in [-0.1, -0.05) is 29.8 Å². The molecule has 1 aliphatic rings. The molecule has 0 aromatic heterocycles. The molecular formula is C15H15N3O3S. The van der Waals surface area contributed by atoms with Gasteiger partial charge in [-0.15, -0.1) is 0 Å². The van der Waals surface area contributed by atoms with Crippen molar-refractivity contribution in [3.8, 4) is 0 Å². The Labute approximate surface area is 128 Å². The highest BCUT2D eigenvalue weighted by Crippen LogP contribution is 2.30. The summed E-state index contributed by atoms with van der Waals surface area (Å²) in [5.41, 5.74) is 2.65. The van der Waals surface area contributed by atoms with Crippen LogP contribution in [0.1, 0.15) is 11.1 Å². The summed E-state index contributed by atoms with van der Waals surface area (Å²) in [4.78, 5) is 11.6. The molecule has 1 aliphatic heterocycles. The summed E-state index contributed by atoms with van der Waals surface area (Å²) in [5, 5.41) is 5.27. The van der Waals surface area contributed by atoms with Gasteiger partial charge >= 0.3 is 6.03 Å². The number of carbonyl (C=O) groups is 1. The topological polar surface area (TPSA) is 87.3 Å². The highest BCUT2D eigenvalue weighted by molar-refractivity contribution is 7.92. The van der Waals surface area contributed by atoms with E-state index in [9.17, 15) is 13.2 Å². The molecule has 22 heavy (non-hydrogen) atoms. The number of urea groups is 1. The van der Waals surface area contributed by atoms with Crippen molar-refractivity contribution in [2.45, 2.75) is 18.4 Å². The Morgan fingerprint density at radius 2 is 1.82 bits per heavy atom. The van der Waals surface area contributed by atoms with E-state index in [0.717, 1.165) is 11.1 Å². The van der Waals surface area contributed by atoms with Crippen molar-refractivity contribution in [2.24, 2.45) is 0 Å². The maximum Gasteiger partial charge on any atom is 0.319 e. The average molecular weight is 317 g/mol. The number of sulfonamides is 1. The summed E-state index contributed by atoms with van der Waals surface area (Å²) < 4.78 is 27.4. The zero-order valence-corrected chi connectivity index (χ0v) is 12.7. The minimum Gasteiger partial charge on any atom is -0.334 e. The van der Waals surface area contributed by atoms with Crippen LogP contribution < -0.4 is 15.4 Å². The van der Waals surface area contributed by atoms with Gasteiger partial charge in [0.2, 0.25) is 0 Å². The number of hydrogen-bond acceptors (Lipinski definition) is 3. The summed E-state index contributed by atoms with van der Waals surface area (Å²) in [7, 11) is -3.70. The Hall–Kier alpha value is -2.54. The molecule has 0 fully saturated rings. The van der Waals surface area contributed by atoms with E-state index in [1.807, 2.05) is 13.0 Å². The number of carbonyl (C=O) groups excluding carboxylic acids is 1. The quantitative estimate of drug-likeness (QED) is 0.812. The summed E-state index contributed by atoms with van der Waals surface area (Å²) in [6.07, 6.45) is 0. The smallest absolute Gasteiger partial charge is 0.319 e. The monoisotopic (exact) mass is 317 g/mol. The molecule has 7 heteroatoms.